The molecule has 1 saturated heterocycles. The Kier molecular flexibility index (Phi) is 6.11. The normalized spacial score (nSPS) is 21.5. The molecule has 0 radical (unpaired) electrons. The minimum absolute atomic E-state index is 0. The van der Waals surface area contributed by atoms with Gasteiger partial charge in [-0.2, -0.15) is 0 Å². The first-order valence-electron chi connectivity index (χ1n) is 6.74. The monoisotopic (exact) mass is 313 g/mol. The van der Waals surface area contributed by atoms with Crippen LogP contribution in [0, 0.1) is 16.0 Å². The number of nitrogens with zero attached hydrogens (tertiary/aromatic N) is 2. The fraction of sp³-hybridized carbons (Fsp3) is 0.500. The summed E-state index contributed by atoms with van der Waals surface area (Å²) in [7, 11) is 0. The van der Waals surface area contributed by atoms with Crippen molar-refractivity contribution in [3.05, 3.63) is 39.9 Å². The highest BCUT2D eigenvalue weighted by molar-refractivity contribution is 5.85. The Bertz CT molecular complexity index is 507. The Morgan fingerprint density at radius 2 is 2.05 bits per heavy atom. The van der Waals surface area contributed by atoms with Gasteiger partial charge in [0.05, 0.1) is 11.3 Å². The Labute approximate surface area is 129 Å². The number of halogens is 1. The van der Waals surface area contributed by atoms with Gasteiger partial charge >= 0.3 is 0 Å². The fourth-order valence-corrected chi connectivity index (χ4v) is 2.41. The molecule has 2 N–H and O–H groups in total. The van der Waals surface area contributed by atoms with Crippen molar-refractivity contribution in [2.45, 2.75) is 25.8 Å². The Balaban J connectivity index is 0.00000220. The Morgan fingerprint density at radius 3 is 2.57 bits per heavy atom. The van der Waals surface area contributed by atoms with Gasteiger partial charge in [0.15, 0.2) is 0 Å². The number of amides is 1. The summed E-state index contributed by atoms with van der Waals surface area (Å²) in [5.41, 5.74) is 6.77. The van der Waals surface area contributed by atoms with E-state index < -0.39 is 4.92 Å². The van der Waals surface area contributed by atoms with Gasteiger partial charge in [-0.3, -0.25) is 14.9 Å². The van der Waals surface area contributed by atoms with Crippen molar-refractivity contribution in [2.24, 2.45) is 11.7 Å². The van der Waals surface area contributed by atoms with Crippen molar-refractivity contribution in [2.75, 3.05) is 13.1 Å². The molecule has 1 amide bonds. The quantitative estimate of drug-likeness (QED) is 0.680. The number of nitro benzene ring substituents is 1. The van der Waals surface area contributed by atoms with Crippen LogP contribution in [0.25, 0.3) is 0 Å². The molecular weight excluding hydrogens is 294 g/mol. The van der Waals surface area contributed by atoms with Crippen molar-refractivity contribution in [3.8, 4) is 0 Å². The average molecular weight is 314 g/mol. The molecule has 1 aliphatic heterocycles. The van der Waals surface area contributed by atoms with E-state index in [0.29, 0.717) is 19.0 Å². The first-order valence-corrected chi connectivity index (χ1v) is 6.74. The van der Waals surface area contributed by atoms with Gasteiger partial charge < -0.3 is 10.6 Å². The average Bonchev–Trinajstić information content (AvgIpc) is 2.42. The zero-order chi connectivity index (χ0) is 14.7. The molecule has 0 spiro atoms. The van der Waals surface area contributed by atoms with Crippen LogP contribution < -0.4 is 5.73 Å². The molecule has 1 aromatic carbocycles. The maximum atomic E-state index is 12.2. The largest absolute Gasteiger partial charge is 0.342 e. The van der Waals surface area contributed by atoms with Crippen LogP contribution in [0.1, 0.15) is 18.9 Å². The molecule has 1 aliphatic rings. The van der Waals surface area contributed by atoms with Crippen molar-refractivity contribution in [1.29, 1.82) is 0 Å². The molecule has 2 unspecified atom stereocenters. The maximum Gasteiger partial charge on any atom is 0.269 e. The molecule has 0 bridgehead atoms. The zero-order valence-electron chi connectivity index (χ0n) is 11.9. The number of carbonyl (C=O) groups excluding carboxylic acids is 1. The second kappa shape index (κ2) is 7.38. The van der Waals surface area contributed by atoms with Gasteiger partial charge in [-0.15, -0.1) is 12.4 Å². The predicted molar refractivity (Wildman–Crippen MR) is 82.4 cm³/mol. The van der Waals surface area contributed by atoms with E-state index in [4.69, 9.17) is 5.73 Å². The highest BCUT2D eigenvalue weighted by Crippen LogP contribution is 2.17. The molecule has 0 aliphatic carbocycles. The van der Waals surface area contributed by atoms with Crippen molar-refractivity contribution >= 4 is 24.0 Å². The van der Waals surface area contributed by atoms with Gasteiger partial charge in [0.2, 0.25) is 5.91 Å². The van der Waals surface area contributed by atoms with E-state index in [1.54, 1.807) is 12.1 Å². The number of rotatable bonds is 3. The lowest BCUT2D eigenvalue weighted by molar-refractivity contribution is -0.384. The molecule has 0 saturated carbocycles. The summed E-state index contributed by atoms with van der Waals surface area (Å²) in [5, 5.41) is 10.6. The molecule has 1 fully saturated rings. The summed E-state index contributed by atoms with van der Waals surface area (Å²) >= 11 is 0. The number of nitro groups is 1. The zero-order valence-corrected chi connectivity index (χ0v) is 12.7. The van der Waals surface area contributed by atoms with E-state index >= 15 is 0 Å². The number of piperidine rings is 1. The minimum atomic E-state index is -0.445. The number of nitrogens with two attached hydrogens (primary N) is 1. The van der Waals surface area contributed by atoms with E-state index in [9.17, 15) is 14.9 Å². The van der Waals surface area contributed by atoms with E-state index in [2.05, 4.69) is 6.92 Å². The number of hydrogen-bond acceptors (Lipinski definition) is 4. The number of benzene rings is 1. The SMILES string of the molecule is CC1CN(C(=O)Cc2ccc([N+](=O)[O-])cc2)CCC1N.Cl. The van der Waals surface area contributed by atoms with Crippen molar-refractivity contribution in [3.63, 3.8) is 0 Å². The van der Waals surface area contributed by atoms with Crippen LogP contribution in [-0.4, -0.2) is 34.9 Å². The van der Waals surface area contributed by atoms with E-state index in [1.165, 1.54) is 12.1 Å². The predicted octanol–water partition coefficient (Wildman–Crippen LogP) is 1.75. The highest BCUT2D eigenvalue weighted by Gasteiger charge is 2.26. The van der Waals surface area contributed by atoms with Crippen molar-refractivity contribution in [1.82, 2.24) is 4.90 Å². The molecule has 0 aromatic heterocycles. The lowest BCUT2D eigenvalue weighted by atomic mass is 9.94. The molecular formula is C14H20ClN3O3. The number of carbonyl (C=O) groups is 1. The number of likely N-dealkylation sites (tertiary alicyclic amines) is 1. The molecule has 1 aromatic rings. The van der Waals surface area contributed by atoms with E-state index in [1.807, 2.05) is 4.90 Å². The summed E-state index contributed by atoms with van der Waals surface area (Å²) in [6, 6.07) is 6.29. The Hall–Kier alpha value is -1.66. The third-order valence-electron chi connectivity index (χ3n) is 3.83. The molecule has 2 atom stereocenters. The van der Waals surface area contributed by atoms with Gasteiger partial charge in [-0.25, -0.2) is 0 Å². The molecule has 21 heavy (non-hydrogen) atoms. The molecule has 7 heteroatoms. The van der Waals surface area contributed by atoms with Crippen LogP contribution in [0.3, 0.4) is 0 Å². The summed E-state index contributed by atoms with van der Waals surface area (Å²) in [6.07, 6.45) is 1.10. The maximum absolute atomic E-state index is 12.2. The smallest absolute Gasteiger partial charge is 0.269 e. The summed E-state index contributed by atoms with van der Waals surface area (Å²) in [5.74, 6) is 0.363. The van der Waals surface area contributed by atoms with E-state index in [0.717, 1.165) is 12.0 Å². The van der Waals surface area contributed by atoms with Crippen LogP contribution in [0.2, 0.25) is 0 Å². The standard InChI is InChI=1S/C14H19N3O3.ClH/c1-10-9-16(7-6-13(10)15)14(18)8-11-2-4-12(5-3-11)17(19)20;/h2-5,10,13H,6-9,15H2,1H3;1H. The third-order valence-corrected chi connectivity index (χ3v) is 3.83. The highest BCUT2D eigenvalue weighted by atomic mass is 35.5. The second-order valence-corrected chi connectivity index (χ2v) is 5.37. The van der Waals surface area contributed by atoms with Crippen LogP contribution in [0.4, 0.5) is 5.69 Å². The van der Waals surface area contributed by atoms with Gasteiger partial charge in [0.1, 0.15) is 0 Å². The second-order valence-electron chi connectivity index (χ2n) is 5.37. The topological polar surface area (TPSA) is 89.5 Å². The number of hydrogen-bond donors (Lipinski definition) is 1. The Morgan fingerprint density at radius 1 is 1.43 bits per heavy atom. The van der Waals surface area contributed by atoms with Gasteiger partial charge in [-0.05, 0) is 17.9 Å². The van der Waals surface area contributed by atoms with Crippen LogP contribution in [-0.2, 0) is 11.2 Å². The minimum Gasteiger partial charge on any atom is -0.342 e. The third kappa shape index (κ3) is 4.41. The summed E-state index contributed by atoms with van der Waals surface area (Å²) in [4.78, 5) is 24.1. The van der Waals surface area contributed by atoms with Crippen LogP contribution >= 0.6 is 12.4 Å². The van der Waals surface area contributed by atoms with Gasteiger partial charge in [-0.1, -0.05) is 19.1 Å². The van der Waals surface area contributed by atoms with E-state index in [-0.39, 0.29) is 36.5 Å². The first-order chi connectivity index (χ1) is 9.47. The van der Waals surface area contributed by atoms with Crippen molar-refractivity contribution < 1.29 is 9.72 Å². The summed E-state index contributed by atoms with van der Waals surface area (Å²) in [6.45, 7) is 3.43. The lowest BCUT2D eigenvalue weighted by Gasteiger charge is -2.35. The van der Waals surface area contributed by atoms with Crippen LogP contribution in [0.15, 0.2) is 24.3 Å². The van der Waals surface area contributed by atoms with Crippen LogP contribution in [0.5, 0.6) is 0 Å². The molecule has 116 valence electrons. The van der Waals surface area contributed by atoms with Gasteiger partial charge in [0, 0.05) is 31.3 Å². The lowest BCUT2D eigenvalue weighted by Crippen LogP contribution is -2.48. The first kappa shape index (κ1) is 17.4. The number of non-ortho nitro benzene ring substituents is 1. The molecule has 6 nitrogen and oxygen atoms in total. The fourth-order valence-electron chi connectivity index (χ4n) is 2.41. The molecule has 1 heterocycles. The van der Waals surface area contributed by atoms with Gasteiger partial charge in [0.25, 0.3) is 5.69 Å². The summed E-state index contributed by atoms with van der Waals surface area (Å²) < 4.78 is 0. The molecule has 2 rings (SSSR count).